The third-order valence-corrected chi connectivity index (χ3v) is 6.26. The fraction of sp³-hybridized carbons (Fsp3) is 0.588. The molecule has 122 valence electrons. The zero-order valence-electron chi connectivity index (χ0n) is 13.0. The largest absolute Gasteiger partial charge is 0.481 e. The van der Waals surface area contributed by atoms with Crippen molar-refractivity contribution in [1.29, 1.82) is 5.26 Å². The Balaban J connectivity index is 1.77. The number of carbonyl (C=O) groups excluding carboxylic acids is 1. The van der Waals surface area contributed by atoms with Crippen LogP contribution in [0.5, 0.6) is 0 Å². The molecule has 3 rings (SSSR count). The van der Waals surface area contributed by atoms with Crippen molar-refractivity contribution < 1.29 is 14.7 Å². The zero-order chi connectivity index (χ0) is 16.4. The molecule has 1 aromatic rings. The van der Waals surface area contributed by atoms with Crippen LogP contribution in [0, 0.1) is 16.7 Å². The molecule has 1 fully saturated rings. The fourth-order valence-corrected chi connectivity index (χ4v) is 5.02. The van der Waals surface area contributed by atoms with E-state index in [1.54, 1.807) is 0 Å². The maximum Gasteiger partial charge on any atom is 0.310 e. The van der Waals surface area contributed by atoms with E-state index in [4.69, 9.17) is 0 Å². The number of rotatable bonds is 4. The molecular formula is C17H20N2O3S. The number of nitrogens with zero attached hydrogens (tertiary/aromatic N) is 1. The van der Waals surface area contributed by atoms with Crippen LogP contribution < -0.4 is 5.32 Å². The van der Waals surface area contributed by atoms with Gasteiger partial charge in [0.1, 0.15) is 11.1 Å². The Kier molecular flexibility index (Phi) is 4.40. The Morgan fingerprint density at radius 1 is 1.22 bits per heavy atom. The Bertz CT molecular complexity index is 681. The lowest BCUT2D eigenvalue weighted by molar-refractivity contribution is -0.150. The Hall–Kier alpha value is -1.87. The topological polar surface area (TPSA) is 90.2 Å². The third-order valence-electron chi connectivity index (χ3n) is 5.05. The molecule has 0 saturated heterocycles. The highest BCUT2D eigenvalue weighted by atomic mass is 32.1. The summed E-state index contributed by atoms with van der Waals surface area (Å²) in [6, 6.07) is 2.21. The first-order valence-electron chi connectivity index (χ1n) is 8.14. The lowest BCUT2D eigenvalue weighted by atomic mass is 9.82. The van der Waals surface area contributed by atoms with Crippen LogP contribution in [0.15, 0.2) is 0 Å². The van der Waals surface area contributed by atoms with Crippen LogP contribution in [0.4, 0.5) is 5.00 Å². The Labute approximate surface area is 139 Å². The normalized spacial score (nSPS) is 18.9. The minimum atomic E-state index is -0.923. The zero-order valence-corrected chi connectivity index (χ0v) is 13.8. The van der Waals surface area contributed by atoms with Crippen molar-refractivity contribution in [1.82, 2.24) is 0 Å². The number of nitriles is 1. The number of thiophene rings is 1. The average Bonchev–Trinajstić information content (AvgIpc) is 3.11. The first-order chi connectivity index (χ1) is 11.1. The maximum absolute atomic E-state index is 12.4. The van der Waals surface area contributed by atoms with E-state index in [0.717, 1.165) is 44.1 Å². The van der Waals surface area contributed by atoms with Gasteiger partial charge in [0.15, 0.2) is 0 Å². The van der Waals surface area contributed by atoms with Crippen molar-refractivity contribution in [2.24, 2.45) is 5.41 Å². The van der Waals surface area contributed by atoms with Gasteiger partial charge in [0.2, 0.25) is 5.91 Å². The highest BCUT2D eigenvalue weighted by Crippen LogP contribution is 2.42. The van der Waals surface area contributed by atoms with E-state index in [9.17, 15) is 20.0 Å². The van der Waals surface area contributed by atoms with Crippen LogP contribution in [-0.2, 0) is 22.4 Å². The summed E-state index contributed by atoms with van der Waals surface area (Å²) in [5, 5.41) is 22.3. The molecule has 23 heavy (non-hydrogen) atoms. The van der Waals surface area contributed by atoms with Gasteiger partial charge < -0.3 is 10.4 Å². The summed E-state index contributed by atoms with van der Waals surface area (Å²) in [7, 11) is 0. The number of fused-ring (bicyclic) bond motifs is 1. The predicted molar refractivity (Wildman–Crippen MR) is 87.5 cm³/mol. The number of aliphatic carboxylic acids is 1. The van der Waals surface area contributed by atoms with E-state index in [-0.39, 0.29) is 12.3 Å². The highest BCUT2D eigenvalue weighted by Gasteiger charge is 2.43. The number of aryl methyl sites for hydroxylation is 1. The number of nitrogens with one attached hydrogen (secondary N) is 1. The van der Waals surface area contributed by atoms with E-state index in [2.05, 4.69) is 11.4 Å². The summed E-state index contributed by atoms with van der Waals surface area (Å²) in [6.45, 7) is 0. The van der Waals surface area contributed by atoms with Crippen molar-refractivity contribution in [3.8, 4) is 6.07 Å². The van der Waals surface area contributed by atoms with Crippen molar-refractivity contribution in [2.45, 2.75) is 57.8 Å². The summed E-state index contributed by atoms with van der Waals surface area (Å²) in [5.74, 6) is -1.17. The number of hydrogen-bond donors (Lipinski definition) is 2. The standard InChI is InChI=1S/C17H20N2O3S/c18-10-12-11-5-1-2-6-13(11)23-15(12)19-14(20)9-17(16(21)22)7-3-4-8-17/h1-9H2,(H,19,20)(H,21,22). The van der Waals surface area contributed by atoms with Crippen LogP contribution in [0.1, 0.15) is 60.9 Å². The molecule has 0 unspecified atom stereocenters. The molecule has 5 nitrogen and oxygen atoms in total. The molecule has 2 aliphatic rings. The number of amides is 1. The fourth-order valence-electron chi connectivity index (χ4n) is 3.77. The van der Waals surface area contributed by atoms with E-state index in [1.807, 2.05) is 0 Å². The van der Waals surface area contributed by atoms with Crippen molar-refractivity contribution in [2.75, 3.05) is 5.32 Å². The summed E-state index contributed by atoms with van der Waals surface area (Å²) in [6.07, 6.45) is 6.88. The molecule has 2 N–H and O–H groups in total. The molecule has 0 bridgehead atoms. The van der Waals surface area contributed by atoms with Crippen LogP contribution in [0.3, 0.4) is 0 Å². The third kappa shape index (κ3) is 2.98. The number of carboxylic acids is 1. The molecule has 0 spiro atoms. The van der Waals surface area contributed by atoms with Gasteiger partial charge in [-0.2, -0.15) is 5.26 Å². The monoisotopic (exact) mass is 332 g/mol. The highest BCUT2D eigenvalue weighted by molar-refractivity contribution is 7.16. The lowest BCUT2D eigenvalue weighted by Gasteiger charge is -2.22. The van der Waals surface area contributed by atoms with Gasteiger partial charge in [-0.1, -0.05) is 12.8 Å². The van der Waals surface area contributed by atoms with Gasteiger partial charge in [0.25, 0.3) is 0 Å². The molecule has 0 aromatic carbocycles. The van der Waals surface area contributed by atoms with Gasteiger partial charge >= 0.3 is 5.97 Å². The van der Waals surface area contributed by atoms with E-state index in [1.165, 1.54) is 16.2 Å². The number of anilines is 1. The summed E-state index contributed by atoms with van der Waals surface area (Å²) < 4.78 is 0. The molecule has 6 heteroatoms. The van der Waals surface area contributed by atoms with Gasteiger partial charge in [-0.15, -0.1) is 11.3 Å². The molecule has 1 heterocycles. The van der Waals surface area contributed by atoms with Crippen molar-refractivity contribution >= 4 is 28.2 Å². The number of hydrogen-bond acceptors (Lipinski definition) is 4. The second-order valence-electron chi connectivity index (χ2n) is 6.54. The molecule has 1 amide bonds. The van der Waals surface area contributed by atoms with Gasteiger partial charge in [-0.05, 0) is 44.1 Å². The second kappa shape index (κ2) is 6.32. The molecular weight excluding hydrogens is 312 g/mol. The molecule has 1 aromatic heterocycles. The van der Waals surface area contributed by atoms with Gasteiger partial charge in [-0.25, -0.2) is 0 Å². The quantitative estimate of drug-likeness (QED) is 0.883. The Morgan fingerprint density at radius 2 is 1.91 bits per heavy atom. The lowest BCUT2D eigenvalue weighted by Crippen LogP contribution is -2.32. The first-order valence-corrected chi connectivity index (χ1v) is 8.95. The predicted octanol–water partition coefficient (Wildman–Crippen LogP) is 3.47. The van der Waals surface area contributed by atoms with Gasteiger partial charge in [-0.3, -0.25) is 9.59 Å². The number of carbonyl (C=O) groups is 2. The average molecular weight is 332 g/mol. The second-order valence-corrected chi connectivity index (χ2v) is 7.65. The van der Waals surface area contributed by atoms with Crippen LogP contribution in [0.2, 0.25) is 0 Å². The van der Waals surface area contributed by atoms with Crippen molar-refractivity contribution in [3.63, 3.8) is 0 Å². The molecule has 2 aliphatic carbocycles. The van der Waals surface area contributed by atoms with Gasteiger partial charge in [0, 0.05) is 11.3 Å². The van der Waals surface area contributed by atoms with E-state index < -0.39 is 11.4 Å². The summed E-state index contributed by atoms with van der Waals surface area (Å²) in [5.41, 5.74) is 0.732. The Morgan fingerprint density at radius 3 is 2.57 bits per heavy atom. The van der Waals surface area contributed by atoms with Crippen LogP contribution in [0.25, 0.3) is 0 Å². The minimum absolute atomic E-state index is 0.00420. The molecule has 0 aliphatic heterocycles. The summed E-state index contributed by atoms with van der Waals surface area (Å²) in [4.78, 5) is 25.1. The maximum atomic E-state index is 12.4. The minimum Gasteiger partial charge on any atom is -0.481 e. The van der Waals surface area contributed by atoms with E-state index in [0.29, 0.717) is 23.4 Å². The van der Waals surface area contributed by atoms with Crippen molar-refractivity contribution in [3.05, 3.63) is 16.0 Å². The van der Waals surface area contributed by atoms with Crippen LogP contribution in [-0.4, -0.2) is 17.0 Å². The smallest absolute Gasteiger partial charge is 0.310 e. The van der Waals surface area contributed by atoms with Crippen LogP contribution >= 0.6 is 11.3 Å². The number of carboxylic acid groups (broad SMARTS) is 1. The summed E-state index contributed by atoms with van der Waals surface area (Å²) >= 11 is 1.48. The first kappa shape index (κ1) is 16.0. The SMILES string of the molecule is N#Cc1c(NC(=O)CC2(C(=O)O)CCCC2)sc2c1CCCC2. The molecule has 0 radical (unpaired) electrons. The molecule has 0 atom stereocenters. The van der Waals surface area contributed by atoms with Gasteiger partial charge in [0.05, 0.1) is 11.0 Å². The molecule has 1 saturated carbocycles. The van der Waals surface area contributed by atoms with E-state index >= 15 is 0 Å².